The van der Waals surface area contributed by atoms with Crippen molar-refractivity contribution < 1.29 is 27.5 Å². The van der Waals surface area contributed by atoms with Crippen molar-refractivity contribution in [3.05, 3.63) is 72.2 Å². The standard InChI is InChI=1S/C32H35F3N8O3/c1-3-10-46-19-29-37-16-24(17-38-29)21-5-7-43-26(11-21)15-28(40-43)39-30(44)23-12-25(13-23)42-9-8-41(18-20(42)2)31(45)22-4-6-36-27(14-22)32(33,34)35/h4-7,11,14-17,20,23,25H,3,8-10,12-13,18-19H2,1-2H3,(H,39,40,44)/t20-,23?,25?/m0/s1. The summed E-state index contributed by atoms with van der Waals surface area (Å²) in [6.45, 7) is 6.45. The molecule has 1 saturated carbocycles. The van der Waals surface area contributed by atoms with E-state index >= 15 is 0 Å². The molecule has 1 aliphatic heterocycles. The van der Waals surface area contributed by atoms with Gasteiger partial charge in [-0.05, 0) is 56.0 Å². The Hall–Kier alpha value is -4.43. The Balaban J connectivity index is 1.00. The van der Waals surface area contributed by atoms with E-state index in [-0.39, 0.29) is 29.5 Å². The molecule has 1 saturated heterocycles. The summed E-state index contributed by atoms with van der Waals surface area (Å²) in [5.74, 6) is 0.407. The van der Waals surface area contributed by atoms with Gasteiger partial charge in [-0.1, -0.05) is 6.92 Å². The van der Waals surface area contributed by atoms with Crippen LogP contribution in [0.1, 0.15) is 55.0 Å². The van der Waals surface area contributed by atoms with E-state index in [0.29, 0.717) is 57.3 Å². The zero-order valence-electron chi connectivity index (χ0n) is 25.6. The van der Waals surface area contributed by atoms with Crippen LogP contribution in [-0.2, 0) is 22.3 Å². The second kappa shape index (κ2) is 13.1. The quantitative estimate of drug-likeness (QED) is 0.263. The van der Waals surface area contributed by atoms with Crippen molar-refractivity contribution in [1.82, 2.24) is 34.4 Å². The van der Waals surface area contributed by atoms with Gasteiger partial charge in [-0.2, -0.15) is 18.3 Å². The Labute approximate surface area is 263 Å². The highest BCUT2D eigenvalue weighted by Gasteiger charge is 2.42. The van der Waals surface area contributed by atoms with Crippen LogP contribution >= 0.6 is 0 Å². The Bertz CT molecular complexity index is 1710. The van der Waals surface area contributed by atoms with Crippen molar-refractivity contribution >= 4 is 23.1 Å². The Morgan fingerprint density at radius 1 is 1.04 bits per heavy atom. The number of anilines is 1. The molecule has 4 aromatic heterocycles. The monoisotopic (exact) mass is 636 g/mol. The molecule has 1 aliphatic carbocycles. The van der Waals surface area contributed by atoms with Crippen molar-refractivity contribution in [3.63, 3.8) is 0 Å². The molecule has 2 amide bonds. The number of pyridine rings is 2. The third kappa shape index (κ3) is 6.87. The summed E-state index contributed by atoms with van der Waals surface area (Å²) in [5, 5.41) is 7.44. The molecule has 11 nitrogen and oxygen atoms in total. The molecule has 242 valence electrons. The average Bonchev–Trinajstić information content (AvgIpc) is 3.42. The zero-order valence-corrected chi connectivity index (χ0v) is 25.6. The molecule has 2 fully saturated rings. The van der Waals surface area contributed by atoms with Crippen molar-refractivity contribution in [2.75, 3.05) is 31.6 Å². The van der Waals surface area contributed by atoms with E-state index in [4.69, 9.17) is 4.74 Å². The lowest BCUT2D eigenvalue weighted by molar-refractivity contribution is -0.141. The minimum Gasteiger partial charge on any atom is -0.373 e. The van der Waals surface area contributed by atoms with E-state index in [9.17, 15) is 22.8 Å². The number of hydrogen-bond donors (Lipinski definition) is 1. The molecule has 0 unspecified atom stereocenters. The minimum atomic E-state index is -4.61. The van der Waals surface area contributed by atoms with Gasteiger partial charge in [0, 0.05) is 86.2 Å². The fraction of sp³-hybridized carbons (Fsp3) is 0.438. The van der Waals surface area contributed by atoms with E-state index < -0.39 is 17.8 Å². The van der Waals surface area contributed by atoms with Crippen LogP contribution in [0.15, 0.2) is 55.1 Å². The Morgan fingerprint density at radius 3 is 2.54 bits per heavy atom. The number of nitrogens with one attached hydrogen (secondary N) is 1. The number of alkyl halides is 3. The maximum Gasteiger partial charge on any atom is 0.433 e. The van der Waals surface area contributed by atoms with Crippen molar-refractivity contribution in [2.45, 2.75) is 58.0 Å². The van der Waals surface area contributed by atoms with Gasteiger partial charge in [0.1, 0.15) is 12.3 Å². The van der Waals surface area contributed by atoms with Gasteiger partial charge < -0.3 is 15.0 Å². The predicted octanol–water partition coefficient (Wildman–Crippen LogP) is 4.70. The van der Waals surface area contributed by atoms with E-state index in [0.717, 1.165) is 35.3 Å². The van der Waals surface area contributed by atoms with Gasteiger partial charge in [0.05, 0.1) is 5.52 Å². The van der Waals surface area contributed by atoms with Crippen LogP contribution in [-0.4, -0.2) is 84.5 Å². The number of aromatic nitrogens is 5. The van der Waals surface area contributed by atoms with Gasteiger partial charge >= 0.3 is 6.18 Å². The molecule has 14 heteroatoms. The highest BCUT2D eigenvalue weighted by molar-refractivity contribution is 5.94. The normalized spacial score (nSPS) is 20.5. The molecule has 46 heavy (non-hydrogen) atoms. The highest BCUT2D eigenvalue weighted by atomic mass is 19.4. The van der Waals surface area contributed by atoms with Crippen molar-refractivity contribution in [1.29, 1.82) is 0 Å². The van der Waals surface area contributed by atoms with Gasteiger partial charge in [-0.3, -0.25) is 19.5 Å². The second-order valence-corrected chi connectivity index (χ2v) is 11.8. The number of ether oxygens (including phenoxy) is 1. The lowest BCUT2D eigenvalue weighted by atomic mass is 9.78. The third-order valence-corrected chi connectivity index (χ3v) is 8.55. The Morgan fingerprint density at radius 2 is 1.83 bits per heavy atom. The third-order valence-electron chi connectivity index (χ3n) is 8.55. The van der Waals surface area contributed by atoms with Crippen LogP contribution in [0, 0.1) is 5.92 Å². The van der Waals surface area contributed by atoms with E-state index in [1.165, 1.54) is 6.07 Å². The zero-order chi connectivity index (χ0) is 32.4. The summed E-state index contributed by atoms with van der Waals surface area (Å²) >= 11 is 0. The van der Waals surface area contributed by atoms with Gasteiger partial charge in [0.15, 0.2) is 11.6 Å². The molecule has 5 heterocycles. The summed E-state index contributed by atoms with van der Waals surface area (Å²) in [6, 6.07) is 8.00. The number of fused-ring (bicyclic) bond motifs is 1. The van der Waals surface area contributed by atoms with Crippen LogP contribution < -0.4 is 5.32 Å². The van der Waals surface area contributed by atoms with Gasteiger partial charge in [-0.25, -0.2) is 14.5 Å². The summed E-state index contributed by atoms with van der Waals surface area (Å²) in [5.41, 5.74) is 1.50. The SMILES string of the molecule is CCCOCc1ncc(-c2ccn3nc(NC(=O)C4CC(N5CCN(C(=O)c6ccnc(C(F)(F)F)c6)C[C@@H]5C)C4)cc3c2)cn1. The fourth-order valence-corrected chi connectivity index (χ4v) is 6.02. The molecular weight excluding hydrogens is 601 g/mol. The highest BCUT2D eigenvalue weighted by Crippen LogP contribution is 2.35. The summed E-state index contributed by atoms with van der Waals surface area (Å²) in [7, 11) is 0. The summed E-state index contributed by atoms with van der Waals surface area (Å²) in [4.78, 5) is 42.0. The minimum absolute atomic E-state index is 0.000681. The molecule has 2 aliphatic rings. The van der Waals surface area contributed by atoms with Crippen LogP contribution in [0.5, 0.6) is 0 Å². The molecule has 1 N–H and O–H groups in total. The molecule has 1 atom stereocenters. The van der Waals surface area contributed by atoms with E-state index in [1.54, 1.807) is 21.8 Å². The number of carbonyl (C=O) groups excluding carboxylic acids is 2. The number of hydrogen-bond acceptors (Lipinski definition) is 8. The smallest absolute Gasteiger partial charge is 0.373 e. The van der Waals surface area contributed by atoms with Gasteiger partial charge in [0.25, 0.3) is 5.91 Å². The van der Waals surface area contributed by atoms with Crippen LogP contribution in [0.25, 0.3) is 16.6 Å². The van der Waals surface area contributed by atoms with Gasteiger partial charge in [-0.15, -0.1) is 0 Å². The summed E-state index contributed by atoms with van der Waals surface area (Å²) < 4.78 is 46.4. The summed E-state index contributed by atoms with van der Waals surface area (Å²) in [6.07, 6.45) is 4.06. The number of nitrogens with zero attached hydrogens (tertiary/aromatic N) is 7. The molecule has 6 rings (SSSR count). The molecule has 4 aromatic rings. The Kier molecular flexibility index (Phi) is 9.00. The molecule has 0 bridgehead atoms. The predicted molar refractivity (Wildman–Crippen MR) is 163 cm³/mol. The molecular formula is C32H35F3N8O3. The first-order valence-electron chi connectivity index (χ1n) is 15.4. The average molecular weight is 637 g/mol. The van der Waals surface area contributed by atoms with Gasteiger partial charge in [0.2, 0.25) is 5.91 Å². The molecule has 0 aromatic carbocycles. The van der Waals surface area contributed by atoms with Crippen LogP contribution in [0.2, 0.25) is 0 Å². The number of halogens is 3. The largest absolute Gasteiger partial charge is 0.433 e. The lowest BCUT2D eigenvalue weighted by Gasteiger charge is -2.49. The van der Waals surface area contributed by atoms with Crippen LogP contribution in [0.3, 0.4) is 0 Å². The number of carbonyl (C=O) groups is 2. The first-order valence-corrected chi connectivity index (χ1v) is 15.4. The topological polar surface area (TPSA) is 118 Å². The van der Waals surface area contributed by atoms with Crippen LogP contribution in [0.4, 0.5) is 19.0 Å². The first kappa shape index (κ1) is 31.5. The number of rotatable bonds is 9. The lowest BCUT2D eigenvalue weighted by Crippen LogP contribution is -2.60. The van der Waals surface area contributed by atoms with Crippen molar-refractivity contribution in [3.8, 4) is 11.1 Å². The fourth-order valence-electron chi connectivity index (χ4n) is 6.02. The molecule has 0 spiro atoms. The number of piperazine rings is 1. The first-order chi connectivity index (χ1) is 22.1. The second-order valence-electron chi connectivity index (χ2n) is 11.8. The maximum absolute atomic E-state index is 13.1. The van der Waals surface area contributed by atoms with E-state index in [1.807, 2.05) is 38.2 Å². The maximum atomic E-state index is 13.1. The van der Waals surface area contributed by atoms with E-state index in [2.05, 4.69) is 30.3 Å². The number of amides is 2. The molecule has 0 radical (unpaired) electrons. The van der Waals surface area contributed by atoms with Crippen molar-refractivity contribution in [2.24, 2.45) is 5.92 Å².